The predicted octanol–water partition coefficient (Wildman–Crippen LogP) is 1.82. The molecule has 0 saturated carbocycles. The van der Waals surface area contributed by atoms with Crippen LogP contribution in [-0.2, 0) is 26.2 Å². The van der Waals surface area contributed by atoms with E-state index in [1.807, 2.05) is 12.1 Å². The summed E-state index contributed by atoms with van der Waals surface area (Å²) in [6.45, 7) is 2.27. The molecular formula is C22H28N4O5S. The number of carbonyl (C=O) groups is 2. The molecule has 1 aliphatic rings. The Morgan fingerprint density at radius 1 is 1.22 bits per heavy atom. The lowest BCUT2D eigenvalue weighted by Gasteiger charge is -2.31. The second-order valence-corrected chi connectivity index (χ2v) is 9.69. The summed E-state index contributed by atoms with van der Waals surface area (Å²) in [5.74, 6) is -0.778. The molecule has 2 amide bonds. The molecule has 1 unspecified atom stereocenters. The number of benzene rings is 2. The van der Waals surface area contributed by atoms with Gasteiger partial charge in [0.1, 0.15) is 0 Å². The number of rotatable bonds is 8. The molecule has 1 saturated heterocycles. The fourth-order valence-electron chi connectivity index (χ4n) is 3.63. The van der Waals surface area contributed by atoms with Gasteiger partial charge in [0.15, 0.2) is 0 Å². The standard InChI is InChI=1S/C22H28N4O5S/c1-25(31-2)32(29,30)20-7-3-5-17(13-20)22(28)24-19-10-8-16(9-11-19)14-26-12-4-6-18(15-26)21(23)27/h3,5,7-11,13,18H,4,6,12,14-15H2,1-2H3,(H2,23,27)(H,24,28). The molecule has 3 N–H and O–H groups in total. The van der Waals surface area contributed by atoms with Gasteiger partial charge < -0.3 is 11.1 Å². The van der Waals surface area contributed by atoms with E-state index in [1.165, 1.54) is 32.4 Å². The number of hydrogen-bond donors (Lipinski definition) is 2. The number of nitrogens with one attached hydrogen (secondary N) is 1. The molecule has 172 valence electrons. The summed E-state index contributed by atoms with van der Waals surface area (Å²) < 4.78 is 25.5. The number of anilines is 1. The average molecular weight is 461 g/mol. The van der Waals surface area contributed by atoms with Crippen molar-refractivity contribution in [3.63, 3.8) is 0 Å². The van der Waals surface area contributed by atoms with Gasteiger partial charge in [0.05, 0.1) is 17.9 Å². The maximum absolute atomic E-state index is 12.6. The van der Waals surface area contributed by atoms with Crippen LogP contribution >= 0.6 is 0 Å². The van der Waals surface area contributed by atoms with Gasteiger partial charge in [0.25, 0.3) is 15.9 Å². The number of nitrogens with two attached hydrogens (primary N) is 1. The van der Waals surface area contributed by atoms with Gasteiger partial charge in [-0.25, -0.2) is 8.42 Å². The first kappa shape index (κ1) is 23.9. The number of sulfonamides is 1. The number of amides is 2. The Labute approximate surface area is 188 Å². The van der Waals surface area contributed by atoms with Crippen molar-refractivity contribution in [2.45, 2.75) is 24.3 Å². The zero-order valence-electron chi connectivity index (χ0n) is 18.2. The van der Waals surface area contributed by atoms with Crippen LogP contribution in [0.3, 0.4) is 0 Å². The van der Waals surface area contributed by atoms with E-state index in [1.54, 1.807) is 18.2 Å². The Morgan fingerprint density at radius 3 is 2.59 bits per heavy atom. The monoisotopic (exact) mass is 460 g/mol. The number of primary amides is 1. The van der Waals surface area contributed by atoms with Gasteiger partial charge >= 0.3 is 0 Å². The first-order chi connectivity index (χ1) is 15.2. The lowest BCUT2D eigenvalue weighted by Crippen LogP contribution is -2.40. The largest absolute Gasteiger partial charge is 0.369 e. The van der Waals surface area contributed by atoms with Crippen LogP contribution < -0.4 is 11.1 Å². The maximum Gasteiger partial charge on any atom is 0.264 e. The zero-order valence-corrected chi connectivity index (χ0v) is 19.0. The Bertz CT molecular complexity index is 1070. The number of likely N-dealkylation sites (tertiary alicyclic amines) is 1. The molecule has 2 aromatic rings. The van der Waals surface area contributed by atoms with E-state index < -0.39 is 15.9 Å². The Morgan fingerprint density at radius 2 is 1.94 bits per heavy atom. The second-order valence-electron chi connectivity index (χ2n) is 7.75. The summed E-state index contributed by atoms with van der Waals surface area (Å²) in [5, 5.41) is 2.78. The summed E-state index contributed by atoms with van der Waals surface area (Å²) in [6.07, 6.45) is 1.78. The molecule has 32 heavy (non-hydrogen) atoms. The van der Waals surface area contributed by atoms with E-state index in [9.17, 15) is 18.0 Å². The van der Waals surface area contributed by atoms with Gasteiger partial charge in [0, 0.05) is 31.4 Å². The molecule has 0 aliphatic carbocycles. The van der Waals surface area contributed by atoms with Crippen molar-refractivity contribution < 1.29 is 22.8 Å². The topological polar surface area (TPSA) is 122 Å². The number of hydrogen-bond acceptors (Lipinski definition) is 6. The van der Waals surface area contributed by atoms with Crippen LogP contribution in [0.15, 0.2) is 53.4 Å². The van der Waals surface area contributed by atoms with E-state index in [4.69, 9.17) is 10.6 Å². The zero-order chi connectivity index (χ0) is 23.3. The van der Waals surface area contributed by atoms with Gasteiger partial charge in [-0.15, -0.1) is 0 Å². The van der Waals surface area contributed by atoms with Crippen molar-refractivity contribution in [1.82, 2.24) is 9.37 Å². The molecule has 10 heteroatoms. The van der Waals surface area contributed by atoms with Crippen molar-refractivity contribution in [2.24, 2.45) is 11.7 Å². The van der Waals surface area contributed by atoms with Crippen LogP contribution in [0.5, 0.6) is 0 Å². The molecule has 1 atom stereocenters. The minimum absolute atomic E-state index is 0.0411. The molecule has 2 aromatic carbocycles. The average Bonchev–Trinajstić information content (AvgIpc) is 2.80. The van der Waals surface area contributed by atoms with Crippen molar-refractivity contribution in [1.29, 1.82) is 0 Å². The SMILES string of the molecule is CON(C)S(=O)(=O)c1cccc(C(=O)Nc2ccc(CN3CCCC(C(N)=O)C3)cc2)c1. The highest BCUT2D eigenvalue weighted by Gasteiger charge is 2.24. The molecule has 3 rings (SSSR count). The van der Waals surface area contributed by atoms with E-state index in [0.29, 0.717) is 18.8 Å². The highest BCUT2D eigenvalue weighted by molar-refractivity contribution is 7.89. The fourth-order valence-corrected chi connectivity index (χ4v) is 4.65. The fraction of sp³-hybridized carbons (Fsp3) is 0.364. The molecule has 0 bridgehead atoms. The Hall–Kier alpha value is -2.79. The van der Waals surface area contributed by atoms with Crippen LogP contribution in [0, 0.1) is 5.92 Å². The highest BCUT2D eigenvalue weighted by atomic mass is 32.2. The summed E-state index contributed by atoms with van der Waals surface area (Å²) >= 11 is 0. The number of hydroxylamine groups is 1. The number of nitrogens with zero attached hydrogens (tertiary/aromatic N) is 2. The smallest absolute Gasteiger partial charge is 0.264 e. The molecule has 1 heterocycles. The minimum atomic E-state index is -3.85. The first-order valence-corrected chi connectivity index (χ1v) is 11.7. The molecule has 9 nitrogen and oxygen atoms in total. The molecule has 1 aliphatic heterocycles. The van der Waals surface area contributed by atoms with Crippen LogP contribution in [0.2, 0.25) is 0 Å². The molecular weight excluding hydrogens is 432 g/mol. The highest BCUT2D eigenvalue weighted by Crippen LogP contribution is 2.20. The summed E-state index contributed by atoms with van der Waals surface area (Å²) in [5.41, 5.74) is 7.31. The molecule has 0 spiro atoms. The first-order valence-electron chi connectivity index (χ1n) is 10.3. The van der Waals surface area contributed by atoms with Crippen molar-refractivity contribution in [3.05, 3.63) is 59.7 Å². The van der Waals surface area contributed by atoms with E-state index in [2.05, 4.69) is 10.2 Å². The van der Waals surface area contributed by atoms with Gasteiger partial charge in [-0.3, -0.25) is 19.3 Å². The van der Waals surface area contributed by atoms with E-state index in [-0.39, 0.29) is 22.3 Å². The second kappa shape index (κ2) is 10.2. The minimum Gasteiger partial charge on any atom is -0.369 e. The van der Waals surface area contributed by atoms with E-state index in [0.717, 1.165) is 29.4 Å². The quantitative estimate of drug-likeness (QED) is 0.580. The van der Waals surface area contributed by atoms with Crippen LogP contribution in [0.1, 0.15) is 28.8 Å². The lowest BCUT2D eigenvalue weighted by molar-refractivity contribution is -0.123. The molecule has 1 fully saturated rings. The Kier molecular flexibility index (Phi) is 7.62. The third kappa shape index (κ3) is 5.71. The molecule has 0 radical (unpaired) electrons. The van der Waals surface area contributed by atoms with Crippen LogP contribution in [-0.4, -0.2) is 56.8 Å². The van der Waals surface area contributed by atoms with Crippen molar-refractivity contribution >= 4 is 27.5 Å². The van der Waals surface area contributed by atoms with Crippen molar-refractivity contribution in [3.8, 4) is 0 Å². The van der Waals surface area contributed by atoms with Gasteiger partial charge in [0.2, 0.25) is 5.91 Å². The van der Waals surface area contributed by atoms with Crippen LogP contribution in [0.25, 0.3) is 0 Å². The number of carbonyl (C=O) groups excluding carboxylic acids is 2. The summed E-state index contributed by atoms with van der Waals surface area (Å²) in [6, 6.07) is 13.2. The predicted molar refractivity (Wildman–Crippen MR) is 120 cm³/mol. The third-order valence-electron chi connectivity index (χ3n) is 5.52. The van der Waals surface area contributed by atoms with Gasteiger partial charge in [-0.2, -0.15) is 0 Å². The van der Waals surface area contributed by atoms with Crippen LogP contribution in [0.4, 0.5) is 5.69 Å². The van der Waals surface area contributed by atoms with Gasteiger partial charge in [-0.05, 0) is 55.3 Å². The number of piperidine rings is 1. The van der Waals surface area contributed by atoms with Crippen molar-refractivity contribution in [2.75, 3.05) is 32.6 Å². The molecule has 0 aromatic heterocycles. The summed E-state index contributed by atoms with van der Waals surface area (Å²) in [7, 11) is -1.32. The van der Waals surface area contributed by atoms with Gasteiger partial charge in [-0.1, -0.05) is 22.7 Å². The maximum atomic E-state index is 12.6. The Balaban J connectivity index is 1.64. The van der Waals surface area contributed by atoms with E-state index >= 15 is 0 Å². The lowest BCUT2D eigenvalue weighted by atomic mass is 9.97. The normalized spacial score (nSPS) is 17.3. The summed E-state index contributed by atoms with van der Waals surface area (Å²) in [4.78, 5) is 31.0. The third-order valence-corrected chi connectivity index (χ3v) is 7.19.